The van der Waals surface area contributed by atoms with Gasteiger partial charge in [0.2, 0.25) is 0 Å². The largest absolute Gasteiger partial charge is 0.321 e. The van der Waals surface area contributed by atoms with E-state index in [2.05, 4.69) is 42.7 Å². The molecule has 2 aromatic carbocycles. The molecule has 0 radical (unpaired) electrons. The molecule has 3 N–H and O–H groups in total. The van der Waals surface area contributed by atoms with E-state index in [1.165, 1.54) is 5.56 Å². The number of likely N-dealkylation sites (N-methyl/N-ethyl adjacent to an activating group) is 1. The van der Waals surface area contributed by atoms with Crippen molar-refractivity contribution < 1.29 is 14.5 Å². The number of benzene rings is 2. The summed E-state index contributed by atoms with van der Waals surface area (Å²) in [5, 5.41) is 6.08. The molecular weight excluding hydrogens is 374 g/mol. The Morgan fingerprint density at radius 2 is 1.60 bits per heavy atom. The minimum atomic E-state index is -0.360. The van der Waals surface area contributed by atoms with E-state index in [-0.39, 0.29) is 24.4 Å². The van der Waals surface area contributed by atoms with E-state index < -0.39 is 0 Å². The second-order valence-corrected chi connectivity index (χ2v) is 8.45. The van der Waals surface area contributed by atoms with Crippen molar-refractivity contribution >= 4 is 23.2 Å². The number of hydrogen-bond acceptors (Lipinski definition) is 2. The van der Waals surface area contributed by atoms with Gasteiger partial charge in [-0.1, -0.05) is 49.7 Å². The van der Waals surface area contributed by atoms with Gasteiger partial charge in [0.25, 0.3) is 11.8 Å². The average molecular weight is 411 g/mol. The van der Waals surface area contributed by atoms with E-state index in [4.69, 9.17) is 0 Å². The molecule has 30 heavy (non-hydrogen) atoms. The van der Waals surface area contributed by atoms with Crippen molar-refractivity contribution in [2.75, 3.05) is 24.2 Å². The fourth-order valence-corrected chi connectivity index (χ4v) is 3.69. The van der Waals surface area contributed by atoms with Gasteiger partial charge in [-0.2, -0.15) is 0 Å². The summed E-state index contributed by atoms with van der Waals surface area (Å²) >= 11 is 0. The molecule has 1 unspecified atom stereocenters. The van der Waals surface area contributed by atoms with Gasteiger partial charge in [0.1, 0.15) is 0 Å². The van der Waals surface area contributed by atoms with Crippen LogP contribution < -0.4 is 15.5 Å². The molecule has 0 aliphatic carbocycles. The summed E-state index contributed by atoms with van der Waals surface area (Å²) in [7, 11) is 1.87. The van der Waals surface area contributed by atoms with E-state index in [9.17, 15) is 9.59 Å². The summed E-state index contributed by atoms with van der Waals surface area (Å²) in [6.07, 6.45) is 1.01. The fourth-order valence-electron chi connectivity index (χ4n) is 3.69. The lowest BCUT2D eigenvalue weighted by Gasteiger charge is -2.22. The maximum atomic E-state index is 12.8. The van der Waals surface area contributed by atoms with Gasteiger partial charge >= 0.3 is 0 Å². The monoisotopic (exact) mass is 410 g/mol. The zero-order chi connectivity index (χ0) is 22.4. The van der Waals surface area contributed by atoms with Crippen LogP contribution in [0.2, 0.25) is 0 Å². The first-order valence-corrected chi connectivity index (χ1v) is 10.7. The van der Waals surface area contributed by atoms with Gasteiger partial charge in [0, 0.05) is 11.4 Å². The molecule has 0 bridgehead atoms. The van der Waals surface area contributed by atoms with Crippen molar-refractivity contribution in [3.8, 4) is 0 Å². The summed E-state index contributed by atoms with van der Waals surface area (Å²) in [6, 6.07) is 11.7. The first-order valence-electron chi connectivity index (χ1n) is 10.7. The maximum Gasteiger partial charge on any atom is 0.282 e. The van der Waals surface area contributed by atoms with E-state index >= 15 is 0 Å². The van der Waals surface area contributed by atoms with Crippen molar-refractivity contribution in [1.82, 2.24) is 0 Å². The topological polar surface area (TPSA) is 62.6 Å². The second-order valence-electron chi connectivity index (χ2n) is 8.45. The molecule has 0 heterocycles. The van der Waals surface area contributed by atoms with Crippen LogP contribution in [0.15, 0.2) is 36.4 Å². The highest BCUT2D eigenvalue weighted by atomic mass is 16.2. The quantitative estimate of drug-likeness (QED) is 0.623. The molecule has 0 saturated heterocycles. The minimum Gasteiger partial charge on any atom is -0.321 e. The van der Waals surface area contributed by atoms with Gasteiger partial charge in [-0.25, -0.2) is 0 Å². The van der Waals surface area contributed by atoms with Gasteiger partial charge in [0.05, 0.1) is 7.05 Å². The highest BCUT2D eigenvalue weighted by molar-refractivity contribution is 5.95. The number of hydrogen-bond donors (Lipinski definition) is 3. The summed E-state index contributed by atoms with van der Waals surface area (Å²) in [4.78, 5) is 26.3. The normalized spacial score (nSPS) is 14.0. The molecule has 2 rings (SSSR count). The lowest BCUT2D eigenvalue weighted by molar-refractivity contribution is -0.885. The molecule has 5 heteroatoms. The molecule has 162 valence electrons. The first kappa shape index (κ1) is 23.6. The Kier molecular flexibility index (Phi) is 8.18. The lowest BCUT2D eigenvalue weighted by Crippen LogP contribution is -3.14. The SMILES string of the molecule is CC[C@@H](C)c1ccccc1NC(=O)[C@H](C)[NH+](C)CC(=O)Nc1c(C)cc(C)cc1C. The predicted molar refractivity (Wildman–Crippen MR) is 124 cm³/mol. The molecular formula is C25H36N3O2+. The zero-order valence-corrected chi connectivity index (χ0v) is 19.3. The Bertz CT molecular complexity index is 884. The molecule has 0 fully saturated rings. The number of amides is 2. The number of rotatable bonds is 8. The highest BCUT2D eigenvalue weighted by Gasteiger charge is 2.25. The predicted octanol–water partition coefficient (Wildman–Crippen LogP) is 3.61. The second kappa shape index (κ2) is 10.4. The molecule has 3 atom stereocenters. The first-order chi connectivity index (χ1) is 14.1. The summed E-state index contributed by atoms with van der Waals surface area (Å²) < 4.78 is 0. The zero-order valence-electron chi connectivity index (χ0n) is 19.3. The van der Waals surface area contributed by atoms with Crippen LogP contribution in [0.5, 0.6) is 0 Å². The Balaban J connectivity index is 2.01. The minimum absolute atomic E-state index is 0.0845. The summed E-state index contributed by atoms with van der Waals surface area (Å²) in [6.45, 7) is 12.4. The third-order valence-corrected chi connectivity index (χ3v) is 5.88. The maximum absolute atomic E-state index is 12.8. The van der Waals surface area contributed by atoms with Crippen molar-refractivity contribution in [2.45, 2.75) is 59.9 Å². The van der Waals surface area contributed by atoms with Crippen LogP contribution in [0.4, 0.5) is 11.4 Å². The summed E-state index contributed by atoms with van der Waals surface area (Å²) in [5.41, 5.74) is 6.12. The number of aryl methyl sites for hydroxylation is 3. The van der Waals surface area contributed by atoms with Crippen LogP contribution in [-0.4, -0.2) is 31.4 Å². The van der Waals surface area contributed by atoms with Crippen LogP contribution in [0.3, 0.4) is 0 Å². The van der Waals surface area contributed by atoms with Crippen molar-refractivity contribution in [3.63, 3.8) is 0 Å². The Labute approximate surface area is 180 Å². The molecule has 0 aromatic heterocycles. The molecule has 2 aromatic rings. The van der Waals surface area contributed by atoms with Crippen LogP contribution >= 0.6 is 0 Å². The smallest absolute Gasteiger partial charge is 0.282 e. The third-order valence-electron chi connectivity index (χ3n) is 5.88. The summed E-state index contributed by atoms with van der Waals surface area (Å²) in [5.74, 6) is 0.189. The number of anilines is 2. The van der Waals surface area contributed by atoms with Crippen LogP contribution in [0.25, 0.3) is 0 Å². The fraction of sp³-hybridized carbons (Fsp3) is 0.440. The average Bonchev–Trinajstić information content (AvgIpc) is 2.69. The van der Waals surface area contributed by atoms with E-state index in [1.807, 2.05) is 52.9 Å². The van der Waals surface area contributed by atoms with Crippen molar-refractivity contribution in [2.24, 2.45) is 0 Å². The van der Waals surface area contributed by atoms with Gasteiger partial charge < -0.3 is 15.5 Å². The highest BCUT2D eigenvalue weighted by Crippen LogP contribution is 2.26. The van der Waals surface area contributed by atoms with Crippen molar-refractivity contribution in [3.05, 3.63) is 58.7 Å². The number of carbonyl (C=O) groups is 2. The Morgan fingerprint density at radius 1 is 1.00 bits per heavy atom. The molecule has 0 spiro atoms. The molecule has 2 amide bonds. The van der Waals surface area contributed by atoms with Gasteiger partial charge in [-0.15, -0.1) is 0 Å². The van der Waals surface area contributed by atoms with Crippen LogP contribution in [0.1, 0.15) is 55.4 Å². The number of para-hydroxylation sites is 1. The van der Waals surface area contributed by atoms with Gasteiger partial charge in [0.15, 0.2) is 12.6 Å². The van der Waals surface area contributed by atoms with Gasteiger partial charge in [-0.3, -0.25) is 9.59 Å². The number of carbonyl (C=O) groups excluding carboxylic acids is 2. The van der Waals surface area contributed by atoms with E-state index in [1.54, 1.807) is 0 Å². The van der Waals surface area contributed by atoms with Gasteiger partial charge in [-0.05, 0) is 62.8 Å². The van der Waals surface area contributed by atoms with E-state index in [0.717, 1.165) is 39.4 Å². The third kappa shape index (κ3) is 5.92. The molecule has 5 nitrogen and oxygen atoms in total. The van der Waals surface area contributed by atoms with Crippen molar-refractivity contribution in [1.29, 1.82) is 0 Å². The van der Waals surface area contributed by atoms with Crippen LogP contribution in [0, 0.1) is 20.8 Å². The standard InChI is InChI=1S/C25H35N3O2/c1-8-17(3)21-11-9-10-12-22(21)26-25(30)20(6)28(7)15-23(29)27-24-18(4)13-16(2)14-19(24)5/h9-14,17,20H,8,15H2,1-7H3,(H,26,30)(H,27,29)/p+1/t17-,20+/m1/s1. The lowest BCUT2D eigenvalue weighted by atomic mass is 9.97. The molecule has 0 saturated carbocycles. The number of quaternary nitrogens is 1. The Morgan fingerprint density at radius 3 is 2.20 bits per heavy atom. The molecule has 0 aliphatic heterocycles. The van der Waals surface area contributed by atoms with Crippen LogP contribution in [-0.2, 0) is 9.59 Å². The Hall–Kier alpha value is -2.66. The molecule has 0 aliphatic rings. The van der Waals surface area contributed by atoms with E-state index in [0.29, 0.717) is 5.92 Å². The number of nitrogens with one attached hydrogen (secondary N) is 3.